The van der Waals surface area contributed by atoms with Crippen LogP contribution in [0.1, 0.15) is 27.3 Å². The van der Waals surface area contributed by atoms with E-state index in [4.69, 9.17) is 11.6 Å². The van der Waals surface area contributed by atoms with E-state index in [0.717, 1.165) is 41.4 Å². The summed E-state index contributed by atoms with van der Waals surface area (Å²) in [6.45, 7) is 4.41. The first kappa shape index (κ1) is 20.8. The first-order chi connectivity index (χ1) is 15.1. The van der Waals surface area contributed by atoms with Crippen molar-refractivity contribution in [2.75, 3.05) is 13.1 Å². The van der Waals surface area contributed by atoms with Gasteiger partial charge in [0, 0.05) is 41.8 Å². The predicted octanol–water partition coefficient (Wildman–Crippen LogP) is 3.08. The summed E-state index contributed by atoms with van der Waals surface area (Å²) in [7, 11) is 0. The van der Waals surface area contributed by atoms with E-state index in [1.807, 2.05) is 31.2 Å². The zero-order valence-corrected chi connectivity index (χ0v) is 17.9. The van der Waals surface area contributed by atoms with Gasteiger partial charge in [0.25, 0.3) is 5.91 Å². The number of hydrogen-bond donors (Lipinski definition) is 3. The molecule has 0 saturated heterocycles. The number of amides is 1. The molecule has 0 atom stereocenters. The number of guanidine groups is 1. The summed E-state index contributed by atoms with van der Waals surface area (Å²) in [5, 5.41) is 10.00. The first-order valence-electron chi connectivity index (χ1n) is 10.0. The summed E-state index contributed by atoms with van der Waals surface area (Å²) in [6.07, 6.45) is 3.40. The molecule has 0 fully saturated rings. The third-order valence-corrected chi connectivity index (χ3v) is 5.06. The van der Waals surface area contributed by atoms with Crippen LogP contribution >= 0.6 is 11.6 Å². The van der Waals surface area contributed by atoms with Crippen molar-refractivity contribution in [1.82, 2.24) is 25.9 Å². The molecule has 4 rings (SSSR count). The van der Waals surface area contributed by atoms with Crippen molar-refractivity contribution in [2.24, 2.45) is 4.99 Å². The van der Waals surface area contributed by atoms with Gasteiger partial charge in [-0.25, -0.2) is 0 Å². The standard InChI is InChI=1S/C23H23ClN6O/c1-15-8-17(2-4-25-15)18-9-16(13-30-23-27-6-7-28-23)10-19(11-18)22(31)29-14-21-12-20(24)3-5-26-21/h2-5,8-12H,6-7,13-14H2,1H3,(H,29,31)(H2,27,28,30). The maximum absolute atomic E-state index is 12.9. The Morgan fingerprint density at radius 2 is 1.94 bits per heavy atom. The normalized spacial score (nSPS) is 12.8. The minimum Gasteiger partial charge on any atom is -0.355 e. The van der Waals surface area contributed by atoms with Crippen molar-refractivity contribution >= 4 is 23.5 Å². The van der Waals surface area contributed by atoms with E-state index in [-0.39, 0.29) is 5.91 Å². The Labute approximate surface area is 186 Å². The second-order valence-corrected chi connectivity index (χ2v) is 7.70. The van der Waals surface area contributed by atoms with Crippen molar-refractivity contribution in [3.8, 4) is 11.1 Å². The summed E-state index contributed by atoms with van der Waals surface area (Å²) in [5.74, 6) is 0.607. The quantitative estimate of drug-likeness (QED) is 0.554. The van der Waals surface area contributed by atoms with Crippen molar-refractivity contribution in [3.05, 3.63) is 82.4 Å². The number of aryl methyl sites for hydroxylation is 1. The number of carbonyl (C=O) groups is 1. The number of rotatable bonds is 6. The molecule has 7 nitrogen and oxygen atoms in total. The van der Waals surface area contributed by atoms with E-state index in [1.54, 1.807) is 24.5 Å². The van der Waals surface area contributed by atoms with Crippen molar-refractivity contribution < 1.29 is 4.79 Å². The summed E-state index contributed by atoms with van der Waals surface area (Å²) < 4.78 is 0. The van der Waals surface area contributed by atoms with Gasteiger partial charge in [0.2, 0.25) is 0 Å². The fourth-order valence-electron chi connectivity index (χ4n) is 3.34. The van der Waals surface area contributed by atoms with Gasteiger partial charge in [-0.15, -0.1) is 0 Å². The molecule has 1 aliphatic rings. The molecule has 158 valence electrons. The molecule has 3 N–H and O–H groups in total. The number of pyridine rings is 2. The molecule has 3 heterocycles. The molecule has 3 aromatic rings. The van der Waals surface area contributed by atoms with E-state index < -0.39 is 0 Å². The van der Waals surface area contributed by atoms with Crippen LogP contribution in [-0.4, -0.2) is 34.9 Å². The molecule has 1 amide bonds. The maximum atomic E-state index is 12.9. The van der Waals surface area contributed by atoms with Gasteiger partial charge in [-0.05, 0) is 66.1 Å². The van der Waals surface area contributed by atoms with Crippen LogP contribution in [0, 0.1) is 6.92 Å². The smallest absolute Gasteiger partial charge is 0.251 e. The lowest BCUT2D eigenvalue weighted by atomic mass is 9.99. The van der Waals surface area contributed by atoms with Gasteiger partial charge in [0.1, 0.15) is 0 Å². The third-order valence-electron chi connectivity index (χ3n) is 4.83. The lowest BCUT2D eigenvalue weighted by Gasteiger charge is -2.12. The van der Waals surface area contributed by atoms with Gasteiger partial charge in [0.15, 0.2) is 5.96 Å². The lowest BCUT2D eigenvalue weighted by Crippen LogP contribution is -2.33. The fourth-order valence-corrected chi connectivity index (χ4v) is 3.52. The average molecular weight is 435 g/mol. The Kier molecular flexibility index (Phi) is 6.43. The summed E-state index contributed by atoms with van der Waals surface area (Å²) in [5.41, 5.74) is 5.15. The SMILES string of the molecule is Cc1cc(-c2cc(CNC3=NCCN3)cc(C(=O)NCc3cc(Cl)ccn3)c2)ccn1. The molecule has 31 heavy (non-hydrogen) atoms. The van der Waals surface area contributed by atoms with Crippen molar-refractivity contribution in [3.63, 3.8) is 0 Å². The van der Waals surface area contributed by atoms with E-state index in [1.165, 1.54) is 0 Å². The molecule has 0 radical (unpaired) electrons. The highest BCUT2D eigenvalue weighted by atomic mass is 35.5. The Balaban J connectivity index is 1.57. The Hall–Kier alpha value is -3.45. The highest BCUT2D eigenvalue weighted by Gasteiger charge is 2.12. The highest BCUT2D eigenvalue weighted by Crippen LogP contribution is 2.23. The number of aliphatic imine (C=N–C) groups is 1. The van der Waals surface area contributed by atoms with Gasteiger partial charge in [-0.3, -0.25) is 19.8 Å². The number of halogens is 1. The molecule has 1 aromatic carbocycles. The molecule has 0 unspecified atom stereocenters. The predicted molar refractivity (Wildman–Crippen MR) is 122 cm³/mol. The molecule has 0 bridgehead atoms. The zero-order chi connectivity index (χ0) is 21.6. The zero-order valence-electron chi connectivity index (χ0n) is 17.2. The van der Waals surface area contributed by atoms with Crippen LogP contribution in [0.2, 0.25) is 5.02 Å². The van der Waals surface area contributed by atoms with Crippen LogP contribution in [-0.2, 0) is 13.1 Å². The molecular formula is C23H23ClN6O. The van der Waals surface area contributed by atoms with Gasteiger partial charge in [-0.1, -0.05) is 11.6 Å². The monoisotopic (exact) mass is 434 g/mol. The molecule has 1 aliphatic heterocycles. The van der Waals surface area contributed by atoms with Crippen LogP contribution in [0.3, 0.4) is 0 Å². The summed E-state index contributed by atoms with van der Waals surface area (Å²) >= 11 is 6.01. The maximum Gasteiger partial charge on any atom is 0.251 e. The first-order valence-corrected chi connectivity index (χ1v) is 10.4. The molecule has 8 heteroatoms. The van der Waals surface area contributed by atoms with E-state index in [9.17, 15) is 4.79 Å². The second-order valence-electron chi connectivity index (χ2n) is 7.26. The fraction of sp³-hybridized carbons (Fsp3) is 0.217. The molecule has 0 aliphatic carbocycles. The number of nitrogens with zero attached hydrogens (tertiary/aromatic N) is 3. The second kappa shape index (κ2) is 9.57. The van der Waals surface area contributed by atoms with Gasteiger partial charge in [-0.2, -0.15) is 0 Å². The van der Waals surface area contributed by atoms with Crippen LogP contribution in [0.15, 0.2) is 59.9 Å². The molecule has 0 saturated carbocycles. The molecular weight excluding hydrogens is 412 g/mol. The van der Waals surface area contributed by atoms with Crippen LogP contribution < -0.4 is 16.0 Å². The highest BCUT2D eigenvalue weighted by molar-refractivity contribution is 6.30. The van der Waals surface area contributed by atoms with E-state index >= 15 is 0 Å². The third kappa shape index (κ3) is 5.58. The number of aromatic nitrogens is 2. The Morgan fingerprint density at radius 1 is 1.06 bits per heavy atom. The van der Waals surface area contributed by atoms with E-state index in [2.05, 4.69) is 37.0 Å². The van der Waals surface area contributed by atoms with Crippen LogP contribution in [0.25, 0.3) is 11.1 Å². The number of hydrogen-bond acceptors (Lipinski definition) is 6. The summed E-state index contributed by atoms with van der Waals surface area (Å²) in [4.78, 5) is 25.8. The van der Waals surface area contributed by atoms with Crippen molar-refractivity contribution in [1.29, 1.82) is 0 Å². The van der Waals surface area contributed by atoms with Crippen LogP contribution in [0.5, 0.6) is 0 Å². The van der Waals surface area contributed by atoms with E-state index in [0.29, 0.717) is 29.4 Å². The summed E-state index contributed by atoms with van der Waals surface area (Å²) in [6, 6.07) is 13.3. The molecule has 2 aromatic heterocycles. The number of carbonyl (C=O) groups excluding carboxylic acids is 1. The number of benzene rings is 1. The van der Waals surface area contributed by atoms with Crippen LogP contribution in [0.4, 0.5) is 0 Å². The number of nitrogens with one attached hydrogen (secondary N) is 3. The Morgan fingerprint density at radius 3 is 2.71 bits per heavy atom. The van der Waals surface area contributed by atoms with Crippen molar-refractivity contribution in [2.45, 2.75) is 20.0 Å². The van der Waals surface area contributed by atoms with Gasteiger partial charge in [0.05, 0.1) is 18.8 Å². The van der Waals surface area contributed by atoms with Gasteiger partial charge < -0.3 is 16.0 Å². The average Bonchev–Trinajstić information content (AvgIpc) is 3.30. The minimum absolute atomic E-state index is 0.174. The minimum atomic E-state index is -0.174. The molecule has 0 spiro atoms. The Bertz CT molecular complexity index is 1130. The largest absolute Gasteiger partial charge is 0.355 e. The lowest BCUT2D eigenvalue weighted by molar-refractivity contribution is 0.0950. The van der Waals surface area contributed by atoms with Gasteiger partial charge >= 0.3 is 0 Å². The topological polar surface area (TPSA) is 91.3 Å².